The fraction of sp³-hybridized carbons (Fsp3) is 0.300. The molecule has 0 unspecified atom stereocenters. The Balaban J connectivity index is -0.000000117. The number of rotatable bonds is 0. The Labute approximate surface area is 80.7 Å². The van der Waals surface area contributed by atoms with Crippen molar-refractivity contribution in [2.75, 3.05) is 0 Å². The fourth-order valence-corrected chi connectivity index (χ4v) is 0.0264. The number of nitriles is 1. The molecular weight excluding hydrogens is 161 g/mol. The summed E-state index contributed by atoms with van der Waals surface area (Å²) in [5, 5.41) is 7.50. The molecule has 0 aromatic heterocycles. The quantitative estimate of drug-likeness (QED) is 0.245. The fourth-order valence-electron chi connectivity index (χ4n) is 0.0264. The third-order valence-corrected chi connectivity index (χ3v) is 0.248. The van der Waals surface area contributed by atoms with E-state index in [2.05, 4.69) is 45.1 Å². The number of nitrogens with zero attached hydrogens (tertiary/aromatic N) is 1. The summed E-state index contributed by atoms with van der Waals surface area (Å²) in [7, 11) is 0. The summed E-state index contributed by atoms with van der Waals surface area (Å²) < 4.78 is 0. The van der Waals surface area contributed by atoms with Gasteiger partial charge in [-0.25, -0.2) is 4.79 Å². The van der Waals surface area contributed by atoms with Gasteiger partial charge in [0.2, 0.25) is 0 Å². The standard InChI is InChI=1S/C4H4.C3H9B.C3HNO/c1-3-4-2;1-4(2)3;4-2-1-3-5/h1-2H2;1-3H3;1H. The number of carbonyl (C=O) groups excluding carboxylic acids is 1. The zero-order valence-corrected chi connectivity index (χ0v) is 8.42. The van der Waals surface area contributed by atoms with Crippen LogP contribution in [0.15, 0.2) is 30.7 Å². The van der Waals surface area contributed by atoms with E-state index in [-0.39, 0.29) is 0 Å². The molecule has 3 heteroatoms. The van der Waals surface area contributed by atoms with Crippen LogP contribution in [0.5, 0.6) is 0 Å². The van der Waals surface area contributed by atoms with Crippen LogP contribution in [0.4, 0.5) is 0 Å². The number of hydrogen-bond acceptors (Lipinski definition) is 2. The molecule has 0 atom stereocenters. The predicted octanol–water partition coefficient (Wildman–Crippen LogP) is 2.38. The second-order valence-corrected chi connectivity index (χ2v) is 2.48. The minimum absolute atomic E-state index is 0.750. The van der Waals surface area contributed by atoms with Crippen LogP contribution in [-0.4, -0.2) is 12.7 Å². The first-order chi connectivity index (χ1) is 6.06. The summed E-state index contributed by atoms with van der Waals surface area (Å²) in [6.45, 7) is 13.7. The Morgan fingerprint density at radius 2 is 1.54 bits per heavy atom. The first-order valence-corrected chi connectivity index (χ1v) is 3.69. The third kappa shape index (κ3) is 417. The van der Waals surface area contributed by atoms with Gasteiger partial charge in [-0.05, 0) is 13.2 Å². The molecular formula is C10H14BNO. The largest absolute Gasteiger partial charge is 0.233 e. The maximum atomic E-state index is 9.00. The molecule has 13 heavy (non-hydrogen) atoms. The summed E-state index contributed by atoms with van der Waals surface area (Å²) in [6, 6.07) is 1.47. The summed E-state index contributed by atoms with van der Waals surface area (Å²) >= 11 is 0. The van der Waals surface area contributed by atoms with Crippen LogP contribution in [0, 0.1) is 11.3 Å². The molecule has 0 aliphatic heterocycles. The summed E-state index contributed by atoms with van der Waals surface area (Å²) in [4.78, 5) is 9.00. The van der Waals surface area contributed by atoms with Gasteiger partial charge in [-0.2, -0.15) is 5.26 Å². The zero-order valence-electron chi connectivity index (χ0n) is 8.42. The van der Waals surface area contributed by atoms with Gasteiger partial charge in [-0.3, -0.25) is 0 Å². The van der Waals surface area contributed by atoms with Crippen LogP contribution >= 0.6 is 0 Å². The van der Waals surface area contributed by atoms with Gasteiger partial charge < -0.3 is 0 Å². The molecule has 0 saturated carbocycles. The van der Waals surface area contributed by atoms with Crippen molar-refractivity contribution in [3.63, 3.8) is 0 Å². The molecule has 2 nitrogen and oxygen atoms in total. The second-order valence-electron chi connectivity index (χ2n) is 2.48. The van der Waals surface area contributed by atoms with Crippen LogP contribution in [0.25, 0.3) is 0 Å². The predicted molar refractivity (Wildman–Crippen MR) is 57.5 cm³/mol. The molecule has 0 aliphatic rings. The maximum Gasteiger partial charge on any atom is 0.135 e. The lowest BCUT2D eigenvalue weighted by atomic mass is 9.58. The molecule has 0 spiro atoms. The molecule has 0 saturated heterocycles. The van der Waals surface area contributed by atoms with Gasteiger partial charge in [0.15, 0.2) is 0 Å². The molecule has 0 fully saturated rings. The van der Waals surface area contributed by atoms with Crippen molar-refractivity contribution in [2.45, 2.75) is 20.5 Å². The highest BCUT2D eigenvalue weighted by Crippen LogP contribution is 1.68. The van der Waals surface area contributed by atoms with Gasteiger partial charge in [-0.1, -0.05) is 31.9 Å². The van der Waals surface area contributed by atoms with Crippen molar-refractivity contribution in [1.29, 1.82) is 5.26 Å². The number of allylic oxidation sites excluding steroid dienone is 1. The maximum absolute atomic E-state index is 9.00. The minimum Gasteiger partial charge on any atom is -0.233 e. The van der Waals surface area contributed by atoms with E-state index in [9.17, 15) is 0 Å². The first kappa shape index (κ1) is 17.4. The van der Waals surface area contributed by atoms with Crippen molar-refractivity contribution in [3.05, 3.63) is 30.7 Å². The van der Waals surface area contributed by atoms with E-state index in [0.29, 0.717) is 0 Å². The highest BCUT2D eigenvalue weighted by molar-refractivity contribution is 6.54. The van der Waals surface area contributed by atoms with Gasteiger partial charge in [0.05, 0.1) is 6.08 Å². The van der Waals surface area contributed by atoms with Gasteiger partial charge in [-0.15, -0.1) is 0 Å². The highest BCUT2D eigenvalue weighted by Gasteiger charge is 1.76. The van der Waals surface area contributed by atoms with Crippen LogP contribution in [0.3, 0.4) is 0 Å². The average Bonchev–Trinajstić information content (AvgIpc) is 2.05. The summed E-state index contributed by atoms with van der Waals surface area (Å²) in [5.41, 5.74) is 4.64. The molecule has 0 radical (unpaired) electrons. The Morgan fingerprint density at radius 1 is 1.23 bits per heavy atom. The monoisotopic (exact) mass is 175 g/mol. The lowest BCUT2D eigenvalue weighted by Gasteiger charge is -1.71. The van der Waals surface area contributed by atoms with E-state index in [1.54, 1.807) is 0 Å². The summed E-state index contributed by atoms with van der Waals surface area (Å²) in [6.07, 6.45) is 0.750. The lowest BCUT2D eigenvalue weighted by Crippen LogP contribution is -1.84. The van der Waals surface area contributed by atoms with Crippen molar-refractivity contribution in [3.8, 4) is 6.07 Å². The van der Waals surface area contributed by atoms with Gasteiger partial charge in [0.25, 0.3) is 0 Å². The normalized spacial score (nSPS) is 4.46. The lowest BCUT2D eigenvalue weighted by molar-refractivity contribution is 0.569. The molecule has 0 bridgehead atoms. The first-order valence-electron chi connectivity index (χ1n) is 3.69. The Morgan fingerprint density at radius 3 is 1.54 bits per heavy atom. The third-order valence-electron chi connectivity index (χ3n) is 0.248. The molecule has 0 rings (SSSR count). The van der Waals surface area contributed by atoms with Gasteiger partial charge in [0.1, 0.15) is 18.7 Å². The highest BCUT2D eigenvalue weighted by atomic mass is 16.1. The number of hydrogen-bond donors (Lipinski definition) is 0. The van der Waals surface area contributed by atoms with E-state index in [0.717, 1.165) is 12.8 Å². The Bertz CT molecular complexity index is 234. The molecule has 0 aliphatic carbocycles. The van der Waals surface area contributed by atoms with E-state index >= 15 is 0 Å². The zero-order chi connectivity index (χ0) is 11.1. The second kappa shape index (κ2) is 22.4. The van der Waals surface area contributed by atoms with Crippen LogP contribution < -0.4 is 0 Å². The van der Waals surface area contributed by atoms with E-state index < -0.39 is 0 Å². The molecule has 0 aromatic rings. The van der Waals surface area contributed by atoms with Crippen LogP contribution in [-0.2, 0) is 4.79 Å². The molecule has 68 valence electrons. The molecule has 0 N–H and O–H groups in total. The molecule has 0 aromatic carbocycles. The Kier molecular flexibility index (Phi) is 30.1. The van der Waals surface area contributed by atoms with Crippen LogP contribution in [0.2, 0.25) is 20.5 Å². The van der Waals surface area contributed by atoms with E-state index in [4.69, 9.17) is 10.1 Å². The van der Waals surface area contributed by atoms with Gasteiger partial charge in [0, 0.05) is 0 Å². The smallest absolute Gasteiger partial charge is 0.135 e. The Hall–Kier alpha value is -1.70. The topological polar surface area (TPSA) is 40.9 Å². The average molecular weight is 175 g/mol. The van der Waals surface area contributed by atoms with Crippen molar-refractivity contribution in [2.24, 2.45) is 0 Å². The minimum atomic E-state index is 0.750. The van der Waals surface area contributed by atoms with Crippen LogP contribution in [0.1, 0.15) is 0 Å². The van der Waals surface area contributed by atoms with E-state index in [1.807, 2.05) is 0 Å². The van der Waals surface area contributed by atoms with Crippen molar-refractivity contribution in [1.82, 2.24) is 0 Å². The summed E-state index contributed by atoms with van der Waals surface area (Å²) in [5.74, 6) is 1.28. The molecule has 0 amide bonds. The van der Waals surface area contributed by atoms with Crippen molar-refractivity contribution >= 4 is 12.7 Å². The molecule has 0 heterocycles. The van der Waals surface area contributed by atoms with Crippen molar-refractivity contribution < 1.29 is 4.79 Å². The van der Waals surface area contributed by atoms with E-state index in [1.165, 1.54) is 12.0 Å². The SMILES string of the molecule is C=C=C=C.CB(C)C.N#CC=C=O. The van der Waals surface area contributed by atoms with Gasteiger partial charge >= 0.3 is 0 Å².